The van der Waals surface area contributed by atoms with E-state index in [1.807, 2.05) is 0 Å². The lowest BCUT2D eigenvalue weighted by Crippen LogP contribution is -2.16. The number of carbonyl (C=O) groups is 2. The molecule has 144 valence electrons. The third-order valence-electron chi connectivity index (χ3n) is 4.45. The Morgan fingerprint density at radius 2 is 2.11 bits per heavy atom. The van der Waals surface area contributed by atoms with E-state index in [9.17, 15) is 18.4 Å². The van der Waals surface area contributed by atoms with Crippen LogP contribution >= 0.6 is 11.3 Å². The predicted octanol–water partition coefficient (Wildman–Crippen LogP) is 4.51. The molecule has 1 atom stereocenters. The molecule has 0 spiro atoms. The van der Waals surface area contributed by atoms with Crippen LogP contribution in [0.3, 0.4) is 0 Å². The zero-order valence-corrected chi connectivity index (χ0v) is 15.7. The summed E-state index contributed by atoms with van der Waals surface area (Å²) in [6, 6.07) is 5.51. The number of hydrogen-bond donors (Lipinski definition) is 1. The number of nitrogens with one attached hydrogen (secondary N) is 1. The summed E-state index contributed by atoms with van der Waals surface area (Å²) in [5.41, 5.74) is 1.47. The second-order valence-corrected chi connectivity index (χ2v) is 7.51. The Hall–Kier alpha value is -2.48. The van der Waals surface area contributed by atoms with E-state index in [1.165, 1.54) is 42.7 Å². The number of rotatable bonds is 5. The molecule has 27 heavy (non-hydrogen) atoms. The first kappa shape index (κ1) is 19.3. The molecule has 0 bridgehead atoms. The van der Waals surface area contributed by atoms with Gasteiger partial charge in [-0.2, -0.15) is 8.78 Å². The normalized spacial score (nSPS) is 16.0. The van der Waals surface area contributed by atoms with Gasteiger partial charge >= 0.3 is 12.6 Å². The molecule has 1 aromatic carbocycles. The first-order valence-corrected chi connectivity index (χ1v) is 9.29. The Balaban J connectivity index is 1.89. The van der Waals surface area contributed by atoms with Gasteiger partial charge in [-0.3, -0.25) is 4.79 Å². The first-order valence-electron chi connectivity index (χ1n) is 8.48. The number of alkyl halides is 2. The van der Waals surface area contributed by atoms with Gasteiger partial charge in [-0.15, -0.1) is 11.3 Å². The number of fused-ring (bicyclic) bond motifs is 1. The summed E-state index contributed by atoms with van der Waals surface area (Å²) in [6.45, 7) is -0.826. The highest BCUT2D eigenvalue weighted by Crippen LogP contribution is 2.40. The van der Waals surface area contributed by atoms with Gasteiger partial charge in [-0.25, -0.2) is 4.79 Å². The summed E-state index contributed by atoms with van der Waals surface area (Å²) in [4.78, 5) is 25.9. The second kappa shape index (κ2) is 8.04. The minimum atomic E-state index is -2.97. The van der Waals surface area contributed by atoms with Gasteiger partial charge in [0.2, 0.25) is 0 Å². The number of hydrogen-bond acceptors (Lipinski definition) is 5. The van der Waals surface area contributed by atoms with Crippen molar-refractivity contribution in [3.05, 3.63) is 45.8 Å². The van der Waals surface area contributed by atoms with Crippen LogP contribution in [0.1, 0.15) is 44.5 Å². The van der Waals surface area contributed by atoms with Crippen LogP contribution in [0, 0.1) is 5.92 Å². The number of benzene rings is 1. The molecule has 0 saturated heterocycles. The number of ether oxygens (including phenoxy) is 2. The van der Waals surface area contributed by atoms with E-state index in [2.05, 4.69) is 17.0 Å². The first-order chi connectivity index (χ1) is 12.9. The van der Waals surface area contributed by atoms with Crippen LogP contribution < -0.4 is 10.1 Å². The van der Waals surface area contributed by atoms with Crippen molar-refractivity contribution < 1.29 is 27.8 Å². The third-order valence-corrected chi connectivity index (χ3v) is 5.62. The Morgan fingerprint density at radius 1 is 1.33 bits per heavy atom. The number of methoxy groups -OCH3 is 1. The third kappa shape index (κ3) is 4.27. The van der Waals surface area contributed by atoms with Crippen molar-refractivity contribution in [3.8, 4) is 5.75 Å². The average molecular weight is 395 g/mol. The summed E-state index contributed by atoms with van der Waals surface area (Å²) in [7, 11) is 1.30. The molecule has 3 rings (SSSR count). The van der Waals surface area contributed by atoms with Crippen molar-refractivity contribution in [3.63, 3.8) is 0 Å². The van der Waals surface area contributed by atoms with Gasteiger partial charge in [0.1, 0.15) is 10.8 Å². The average Bonchev–Trinajstić information content (AvgIpc) is 2.97. The van der Waals surface area contributed by atoms with E-state index in [0.29, 0.717) is 16.5 Å². The van der Waals surface area contributed by atoms with Crippen molar-refractivity contribution in [2.75, 3.05) is 12.4 Å². The molecule has 1 unspecified atom stereocenters. The fraction of sp³-hybridized carbons (Fsp3) is 0.368. The zero-order valence-electron chi connectivity index (χ0n) is 14.9. The molecule has 0 fully saturated rings. The maximum Gasteiger partial charge on any atom is 0.387 e. The summed E-state index contributed by atoms with van der Waals surface area (Å²) in [6.07, 6.45) is 2.57. The fourth-order valence-corrected chi connectivity index (χ4v) is 4.54. The molecular formula is C19H19F2NO4S. The van der Waals surface area contributed by atoms with Gasteiger partial charge in [-0.05, 0) is 48.9 Å². The summed E-state index contributed by atoms with van der Waals surface area (Å²) in [5.74, 6) is -0.600. The lowest BCUT2D eigenvalue weighted by molar-refractivity contribution is -0.0498. The van der Waals surface area contributed by atoms with Gasteiger partial charge < -0.3 is 14.8 Å². The highest BCUT2D eigenvalue weighted by atomic mass is 32.1. The quantitative estimate of drug-likeness (QED) is 0.757. The van der Waals surface area contributed by atoms with E-state index < -0.39 is 18.5 Å². The van der Waals surface area contributed by atoms with Crippen LogP contribution in [0.4, 0.5) is 13.8 Å². The summed E-state index contributed by atoms with van der Waals surface area (Å²) in [5, 5.41) is 3.15. The van der Waals surface area contributed by atoms with Gasteiger partial charge in [0.05, 0.1) is 12.7 Å². The van der Waals surface area contributed by atoms with Crippen LogP contribution in [-0.2, 0) is 17.6 Å². The molecule has 1 heterocycles. The fourth-order valence-electron chi connectivity index (χ4n) is 3.15. The molecule has 8 heteroatoms. The second-order valence-electron chi connectivity index (χ2n) is 6.41. The molecule has 5 nitrogen and oxygen atoms in total. The molecule has 0 aliphatic heterocycles. The van der Waals surface area contributed by atoms with E-state index in [0.717, 1.165) is 29.7 Å². The van der Waals surface area contributed by atoms with Gasteiger partial charge in [0.15, 0.2) is 0 Å². The number of esters is 1. The highest BCUT2D eigenvalue weighted by Gasteiger charge is 2.29. The minimum Gasteiger partial charge on any atom is -0.465 e. The lowest BCUT2D eigenvalue weighted by atomic mass is 9.88. The van der Waals surface area contributed by atoms with Gasteiger partial charge in [0, 0.05) is 10.4 Å². The SMILES string of the molecule is COC(=O)c1c(NC(=O)c2cccc(OC(F)F)c2)sc2c1CCC(C)C2. The van der Waals surface area contributed by atoms with E-state index >= 15 is 0 Å². The Labute approximate surface area is 159 Å². The molecule has 1 aliphatic carbocycles. The minimum absolute atomic E-state index is 0.106. The van der Waals surface area contributed by atoms with E-state index in [-0.39, 0.29) is 11.3 Å². The Bertz CT molecular complexity index is 865. The largest absolute Gasteiger partial charge is 0.465 e. The molecule has 2 aromatic rings. The van der Waals surface area contributed by atoms with E-state index in [4.69, 9.17) is 4.74 Å². The van der Waals surface area contributed by atoms with E-state index in [1.54, 1.807) is 0 Å². The molecule has 1 aliphatic rings. The lowest BCUT2D eigenvalue weighted by Gasteiger charge is -2.18. The van der Waals surface area contributed by atoms with Crippen molar-refractivity contribution in [2.45, 2.75) is 32.8 Å². The molecule has 0 radical (unpaired) electrons. The van der Waals surface area contributed by atoms with Gasteiger partial charge in [0.25, 0.3) is 5.91 Å². The highest BCUT2D eigenvalue weighted by molar-refractivity contribution is 7.17. The Kier molecular flexibility index (Phi) is 5.74. The van der Waals surface area contributed by atoms with Crippen LogP contribution in [0.5, 0.6) is 5.75 Å². The van der Waals surface area contributed by atoms with Gasteiger partial charge in [-0.1, -0.05) is 13.0 Å². The van der Waals surface area contributed by atoms with Crippen molar-refractivity contribution >= 4 is 28.2 Å². The standard InChI is InChI=1S/C19H19F2NO4S/c1-10-6-7-13-14(8-10)27-17(15(13)18(24)25-2)22-16(23)11-4-3-5-12(9-11)26-19(20)21/h3-5,9-10,19H,6-8H2,1-2H3,(H,22,23). The maximum atomic E-state index is 12.6. The summed E-state index contributed by atoms with van der Waals surface area (Å²) < 4.78 is 34.0. The topological polar surface area (TPSA) is 64.6 Å². The number of amides is 1. The number of thiophene rings is 1. The van der Waals surface area contributed by atoms with Crippen molar-refractivity contribution in [1.82, 2.24) is 0 Å². The monoisotopic (exact) mass is 395 g/mol. The predicted molar refractivity (Wildman–Crippen MR) is 97.9 cm³/mol. The summed E-state index contributed by atoms with van der Waals surface area (Å²) >= 11 is 1.36. The Morgan fingerprint density at radius 3 is 2.81 bits per heavy atom. The molecule has 1 N–H and O–H groups in total. The number of carbonyl (C=O) groups excluding carboxylic acids is 2. The molecule has 1 amide bonds. The van der Waals surface area contributed by atoms with Crippen LogP contribution in [0.15, 0.2) is 24.3 Å². The van der Waals surface area contributed by atoms with Crippen LogP contribution in [0.25, 0.3) is 0 Å². The smallest absolute Gasteiger partial charge is 0.387 e. The molecule has 0 saturated carbocycles. The number of anilines is 1. The van der Waals surface area contributed by atoms with Crippen LogP contribution in [-0.4, -0.2) is 25.6 Å². The number of halogens is 2. The van der Waals surface area contributed by atoms with Crippen LogP contribution in [0.2, 0.25) is 0 Å². The maximum absolute atomic E-state index is 12.6. The molecule has 1 aromatic heterocycles. The molecular weight excluding hydrogens is 376 g/mol. The van der Waals surface area contributed by atoms with Crippen molar-refractivity contribution in [2.24, 2.45) is 5.92 Å². The zero-order chi connectivity index (χ0) is 19.6. The van der Waals surface area contributed by atoms with Crippen molar-refractivity contribution in [1.29, 1.82) is 0 Å².